The molecule has 0 heterocycles. The van der Waals surface area contributed by atoms with E-state index in [1.54, 1.807) is 0 Å². The average molecular weight is 383 g/mol. The van der Waals surface area contributed by atoms with Crippen molar-refractivity contribution in [3.63, 3.8) is 0 Å². The van der Waals surface area contributed by atoms with Crippen molar-refractivity contribution in [3.05, 3.63) is 41.4 Å². The summed E-state index contributed by atoms with van der Waals surface area (Å²) in [4.78, 5) is 9.94. The minimum Gasteiger partial charge on any atom is -0.493 e. The number of unbranched alkanes of at least 4 members (excludes halogenated alkanes) is 1. The Morgan fingerprint density at radius 1 is 1.27 bits per heavy atom. The summed E-state index contributed by atoms with van der Waals surface area (Å²) in [5, 5.41) is 8.90. The fourth-order valence-corrected chi connectivity index (χ4v) is 2.83. The van der Waals surface area contributed by atoms with Gasteiger partial charge in [-0.05, 0) is 50.8 Å². The molecule has 0 bridgehead atoms. The zero-order valence-corrected chi connectivity index (χ0v) is 16.4. The second-order valence-electron chi connectivity index (χ2n) is 6.29. The second-order valence-corrected chi connectivity index (χ2v) is 6.73. The zero-order chi connectivity index (χ0) is 19.0. The number of ether oxygens (including phenoxy) is 2. The summed E-state index contributed by atoms with van der Waals surface area (Å²) in [5.74, 6) is 0.123. The Bertz CT molecular complexity index is 524. The van der Waals surface area contributed by atoms with Crippen LogP contribution in [0.2, 0.25) is 5.02 Å². The highest BCUT2D eigenvalue weighted by Crippen LogP contribution is 2.21. The van der Waals surface area contributed by atoms with E-state index >= 15 is 0 Å². The topological polar surface area (TPSA) is 55.8 Å². The molecule has 5 heteroatoms. The van der Waals surface area contributed by atoms with E-state index < -0.39 is 5.97 Å². The lowest BCUT2D eigenvalue weighted by Gasteiger charge is -2.11. The Morgan fingerprint density at radius 3 is 2.69 bits per heavy atom. The summed E-state index contributed by atoms with van der Waals surface area (Å²) >= 11 is 5.87. The maximum Gasteiger partial charge on any atom is 0.303 e. The van der Waals surface area contributed by atoms with Crippen molar-refractivity contribution >= 4 is 17.6 Å². The Kier molecular flexibility index (Phi) is 12.7. The highest BCUT2D eigenvalue weighted by Gasteiger charge is 2.14. The Labute approximate surface area is 162 Å². The number of allylic oxidation sites excluding steroid dienone is 2. The van der Waals surface area contributed by atoms with E-state index in [9.17, 15) is 4.79 Å². The zero-order valence-electron chi connectivity index (χ0n) is 15.7. The van der Waals surface area contributed by atoms with E-state index in [-0.39, 0.29) is 6.42 Å². The molecule has 0 atom stereocenters. The number of carbonyl (C=O) groups is 1. The molecule has 0 aromatic heterocycles. The third kappa shape index (κ3) is 11.9. The molecule has 1 N–H and O–H groups in total. The van der Waals surface area contributed by atoms with Crippen LogP contribution in [0, 0.1) is 0 Å². The molecular weight excluding hydrogens is 352 g/mol. The molecule has 1 aliphatic carbocycles. The molecule has 2 rings (SSSR count). The number of hydrogen-bond donors (Lipinski definition) is 1. The van der Waals surface area contributed by atoms with Gasteiger partial charge >= 0.3 is 5.97 Å². The fraction of sp³-hybridized carbons (Fsp3) is 0.571. The fourth-order valence-electron chi connectivity index (χ4n) is 2.65. The van der Waals surface area contributed by atoms with Crippen molar-refractivity contribution < 1.29 is 19.4 Å². The predicted octanol–water partition coefficient (Wildman–Crippen LogP) is 5.89. The van der Waals surface area contributed by atoms with Crippen LogP contribution in [0.5, 0.6) is 5.75 Å². The van der Waals surface area contributed by atoms with Gasteiger partial charge in [-0.1, -0.05) is 42.7 Å². The van der Waals surface area contributed by atoms with Gasteiger partial charge in [0, 0.05) is 17.9 Å². The third-order valence-corrected chi connectivity index (χ3v) is 4.24. The molecule has 1 saturated carbocycles. The molecule has 0 saturated heterocycles. The lowest BCUT2D eigenvalue weighted by molar-refractivity contribution is -0.137. The first-order valence-electron chi connectivity index (χ1n) is 9.44. The Hall–Kier alpha value is -1.52. The van der Waals surface area contributed by atoms with E-state index in [4.69, 9.17) is 26.2 Å². The molecule has 0 radical (unpaired) electrons. The maximum atomic E-state index is 9.94. The molecule has 4 nitrogen and oxygen atoms in total. The minimum absolute atomic E-state index is 0.282. The number of carboxylic acid groups (broad SMARTS) is 1. The molecule has 1 aromatic carbocycles. The lowest BCUT2D eigenvalue weighted by atomic mass is 10.2. The number of hydrogen-bond acceptors (Lipinski definition) is 3. The van der Waals surface area contributed by atoms with Crippen LogP contribution in [0.4, 0.5) is 0 Å². The Morgan fingerprint density at radius 2 is 2.04 bits per heavy atom. The molecule has 146 valence electrons. The first-order valence-corrected chi connectivity index (χ1v) is 9.82. The molecular formula is C21H31ClO4. The van der Waals surface area contributed by atoms with Crippen LogP contribution in [0.1, 0.15) is 58.3 Å². The molecule has 1 aromatic rings. The molecule has 0 aliphatic heterocycles. The van der Waals surface area contributed by atoms with Gasteiger partial charge in [0.25, 0.3) is 0 Å². The predicted molar refractivity (Wildman–Crippen MR) is 106 cm³/mol. The van der Waals surface area contributed by atoms with Crippen LogP contribution in [-0.2, 0) is 9.53 Å². The number of aliphatic carboxylic acids is 1. The van der Waals surface area contributed by atoms with Crippen LogP contribution in [0.15, 0.2) is 36.4 Å². The lowest BCUT2D eigenvalue weighted by Crippen LogP contribution is -2.10. The largest absolute Gasteiger partial charge is 0.493 e. The average Bonchev–Trinajstić information content (AvgIpc) is 3.12. The molecule has 26 heavy (non-hydrogen) atoms. The number of benzene rings is 1. The van der Waals surface area contributed by atoms with Crippen LogP contribution in [-0.4, -0.2) is 30.4 Å². The van der Waals surface area contributed by atoms with E-state index in [1.807, 2.05) is 43.3 Å². The van der Waals surface area contributed by atoms with E-state index in [0.717, 1.165) is 31.6 Å². The van der Waals surface area contributed by atoms with Gasteiger partial charge < -0.3 is 14.6 Å². The van der Waals surface area contributed by atoms with Gasteiger partial charge in [0.15, 0.2) is 0 Å². The molecule has 1 aliphatic rings. The second kappa shape index (κ2) is 14.6. The number of carboxylic acids is 1. The summed E-state index contributed by atoms with van der Waals surface area (Å²) in [5.41, 5.74) is 0. The quantitative estimate of drug-likeness (QED) is 0.405. The van der Waals surface area contributed by atoms with Crippen molar-refractivity contribution in [2.75, 3.05) is 13.2 Å². The first-order chi connectivity index (χ1) is 12.6. The summed E-state index contributed by atoms with van der Waals surface area (Å²) in [6, 6.07) is 7.49. The van der Waals surface area contributed by atoms with Gasteiger partial charge in [0.2, 0.25) is 0 Å². The number of rotatable bonds is 10. The highest BCUT2D eigenvalue weighted by atomic mass is 35.5. The standard InChI is InChI=1S/C14H19ClO2.C7H12O2/c15-12-5-3-8-14(11-12)17-10-4-9-16-13-6-1-2-7-13;1-2-3-4-5-6-7(8)9/h3,5,8,11,13H,1-2,4,6-7,9-10H2;2-3H,4-6H2,1H3,(H,8,9)/b;3-2-. The first kappa shape index (κ1) is 22.5. The maximum absolute atomic E-state index is 9.94. The van der Waals surface area contributed by atoms with Gasteiger partial charge in [-0.3, -0.25) is 4.79 Å². The minimum atomic E-state index is -0.709. The van der Waals surface area contributed by atoms with Gasteiger partial charge in [0.1, 0.15) is 5.75 Å². The van der Waals surface area contributed by atoms with Gasteiger partial charge in [-0.15, -0.1) is 0 Å². The van der Waals surface area contributed by atoms with Crippen LogP contribution in [0.25, 0.3) is 0 Å². The van der Waals surface area contributed by atoms with Crippen molar-refractivity contribution in [1.29, 1.82) is 0 Å². The van der Waals surface area contributed by atoms with Crippen LogP contribution >= 0.6 is 11.6 Å². The van der Waals surface area contributed by atoms with Crippen molar-refractivity contribution in [1.82, 2.24) is 0 Å². The molecule has 0 amide bonds. The van der Waals surface area contributed by atoms with Crippen LogP contribution in [0.3, 0.4) is 0 Å². The van der Waals surface area contributed by atoms with E-state index in [0.29, 0.717) is 17.7 Å². The monoisotopic (exact) mass is 382 g/mol. The van der Waals surface area contributed by atoms with Crippen LogP contribution < -0.4 is 4.74 Å². The van der Waals surface area contributed by atoms with E-state index in [2.05, 4.69) is 0 Å². The third-order valence-electron chi connectivity index (χ3n) is 4.01. The normalized spacial score (nSPS) is 14.2. The molecule has 1 fully saturated rings. The Balaban J connectivity index is 0.000000321. The van der Waals surface area contributed by atoms with Crippen molar-refractivity contribution in [2.24, 2.45) is 0 Å². The highest BCUT2D eigenvalue weighted by molar-refractivity contribution is 6.30. The summed E-state index contributed by atoms with van der Waals surface area (Å²) < 4.78 is 11.3. The summed E-state index contributed by atoms with van der Waals surface area (Å²) in [6.07, 6.45) is 12.4. The molecule has 0 spiro atoms. The SMILES string of the molecule is C/C=C\CCCC(=O)O.Clc1cccc(OCCCOC2CCCC2)c1. The smallest absolute Gasteiger partial charge is 0.303 e. The van der Waals surface area contributed by atoms with Crippen molar-refractivity contribution in [3.8, 4) is 5.75 Å². The van der Waals surface area contributed by atoms with Crippen molar-refractivity contribution in [2.45, 2.75) is 64.4 Å². The number of halogens is 1. The summed E-state index contributed by atoms with van der Waals surface area (Å²) in [7, 11) is 0. The van der Waals surface area contributed by atoms with Gasteiger partial charge in [0.05, 0.1) is 19.3 Å². The van der Waals surface area contributed by atoms with Gasteiger partial charge in [-0.25, -0.2) is 0 Å². The van der Waals surface area contributed by atoms with Gasteiger partial charge in [-0.2, -0.15) is 0 Å². The summed E-state index contributed by atoms with van der Waals surface area (Å²) in [6.45, 7) is 3.42. The van der Waals surface area contributed by atoms with E-state index in [1.165, 1.54) is 25.7 Å². The molecule has 0 unspecified atom stereocenters.